The van der Waals surface area contributed by atoms with Gasteiger partial charge in [0.15, 0.2) is 0 Å². The third-order valence-electron chi connectivity index (χ3n) is 3.60. The molecule has 2 aromatic heterocycles. The number of aryl methyl sites for hydroxylation is 1. The molecule has 4 heteroatoms. The summed E-state index contributed by atoms with van der Waals surface area (Å²) in [4.78, 5) is 0. The Kier molecular flexibility index (Phi) is 4.17. The molecule has 0 radical (unpaired) electrons. The van der Waals surface area contributed by atoms with E-state index >= 15 is 0 Å². The van der Waals surface area contributed by atoms with Crippen molar-refractivity contribution < 1.29 is 0 Å². The Labute approximate surface area is 124 Å². The molecule has 21 heavy (non-hydrogen) atoms. The predicted molar refractivity (Wildman–Crippen MR) is 86.9 cm³/mol. The second kappa shape index (κ2) is 6.41. The molecular formula is C17H20N4. The maximum Gasteiger partial charge on any atom is 0.0538 e. The maximum atomic E-state index is 4.16. The molecule has 108 valence electrons. The van der Waals surface area contributed by atoms with E-state index in [9.17, 15) is 0 Å². The topological polar surface area (TPSA) is 34.8 Å². The zero-order chi connectivity index (χ0) is 14.5. The molecule has 3 aromatic rings. The summed E-state index contributed by atoms with van der Waals surface area (Å²) in [6, 6.07) is 10.7. The number of nitrogens with zero attached hydrogens (tertiary/aromatic N) is 3. The van der Waals surface area contributed by atoms with Crippen LogP contribution >= 0.6 is 0 Å². The molecule has 0 atom stereocenters. The molecule has 0 fully saturated rings. The van der Waals surface area contributed by atoms with Gasteiger partial charge in [0.05, 0.1) is 6.20 Å². The number of hydrogen-bond donors (Lipinski definition) is 1. The lowest BCUT2D eigenvalue weighted by Gasteiger charge is -2.06. The lowest BCUT2D eigenvalue weighted by molar-refractivity contribution is 0.591. The molecule has 0 aliphatic heterocycles. The van der Waals surface area contributed by atoms with Crippen molar-refractivity contribution in [1.29, 1.82) is 0 Å². The van der Waals surface area contributed by atoms with Gasteiger partial charge in [-0.15, -0.1) is 0 Å². The Morgan fingerprint density at radius 3 is 3.00 bits per heavy atom. The van der Waals surface area contributed by atoms with Crippen LogP contribution in [0.1, 0.15) is 12.0 Å². The first-order valence-corrected chi connectivity index (χ1v) is 7.27. The van der Waals surface area contributed by atoms with Gasteiger partial charge in [-0.1, -0.05) is 24.8 Å². The number of rotatable bonds is 7. The van der Waals surface area contributed by atoms with Crippen molar-refractivity contribution in [2.24, 2.45) is 0 Å². The van der Waals surface area contributed by atoms with Gasteiger partial charge in [0.2, 0.25) is 0 Å². The summed E-state index contributed by atoms with van der Waals surface area (Å²) in [7, 11) is 0. The van der Waals surface area contributed by atoms with Gasteiger partial charge in [0.1, 0.15) is 0 Å². The van der Waals surface area contributed by atoms with E-state index in [-0.39, 0.29) is 0 Å². The van der Waals surface area contributed by atoms with Crippen LogP contribution in [0.3, 0.4) is 0 Å². The molecule has 0 bridgehead atoms. The van der Waals surface area contributed by atoms with Gasteiger partial charge >= 0.3 is 0 Å². The second-order valence-corrected chi connectivity index (χ2v) is 5.11. The Morgan fingerprint density at radius 2 is 2.14 bits per heavy atom. The molecule has 2 heterocycles. The maximum absolute atomic E-state index is 4.16. The Bertz CT molecular complexity index is 723. The summed E-state index contributed by atoms with van der Waals surface area (Å²) in [6.45, 7) is 6.56. The van der Waals surface area contributed by atoms with E-state index in [2.05, 4.69) is 58.1 Å². The standard InChI is InChI=1S/C17H20N4/c1-2-21-14-15(13-19-21)12-18-9-5-10-20-11-8-16-6-3-4-7-17(16)20/h2-4,6-8,11,13-14,18H,1,5,9-10,12H2. The third kappa shape index (κ3) is 3.23. The van der Waals surface area contributed by atoms with E-state index < -0.39 is 0 Å². The monoisotopic (exact) mass is 280 g/mol. The SMILES string of the molecule is C=Cn1cc(CNCCCn2ccc3ccccc32)cn1. The van der Waals surface area contributed by atoms with Crippen LogP contribution in [0.25, 0.3) is 17.1 Å². The number of hydrogen-bond acceptors (Lipinski definition) is 2. The van der Waals surface area contributed by atoms with Crippen molar-refractivity contribution in [1.82, 2.24) is 19.7 Å². The predicted octanol–water partition coefficient (Wildman–Crippen LogP) is 3.12. The molecule has 0 saturated heterocycles. The summed E-state index contributed by atoms with van der Waals surface area (Å²) in [6.07, 6.45) is 8.82. The van der Waals surface area contributed by atoms with Crippen molar-refractivity contribution in [3.8, 4) is 0 Å². The molecular weight excluding hydrogens is 260 g/mol. The molecule has 0 unspecified atom stereocenters. The molecule has 0 saturated carbocycles. The third-order valence-corrected chi connectivity index (χ3v) is 3.60. The number of nitrogens with one attached hydrogen (secondary N) is 1. The van der Waals surface area contributed by atoms with Gasteiger partial charge in [-0.05, 0) is 30.5 Å². The normalized spacial score (nSPS) is 11.0. The van der Waals surface area contributed by atoms with Crippen LogP contribution in [-0.4, -0.2) is 20.9 Å². The Morgan fingerprint density at radius 1 is 1.24 bits per heavy atom. The number of para-hydroxylation sites is 1. The minimum absolute atomic E-state index is 0.847. The van der Waals surface area contributed by atoms with E-state index in [0.29, 0.717) is 0 Å². The number of benzene rings is 1. The van der Waals surface area contributed by atoms with Crippen LogP contribution in [0.15, 0.2) is 55.5 Å². The zero-order valence-electron chi connectivity index (χ0n) is 12.1. The molecule has 1 aromatic carbocycles. The molecule has 0 aliphatic rings. The molecule has 0 spiro atoms. The second-order valence-electron chi connectivity index (χ2n) is 5.11. The van der Waals surface area contributed by atoms with E-state index in [0.717, 1.165) is 26.1 Å². The summed E-state index contributed by atoms with van der Waals surface area (Å²) < 4.78 is 4.04. The summed E-state index contributed by atoms with van der Waals surface area (Å²) >= 11 is 0. The van der Waals surface area contributed by atoms with Crippen LogP contribution < -0.4 is 5.32 Å². The van der Waals surface area contributed by atoms with Crippen LogP contribution in [0.4, 0.5) is 0 Å². The van der Waals surface area contributed by atoms with Gasteiger partial charge in [0.25, 0.3) is 0 Å². The largest absolute Gasteiger partial charge is 0.347 e. The van der Waals surface area contributed by atoms with Crippen molar-refractivity contribution in [2.75, 3.05) is 6.54 Å². The van der Waals surface area contributed by atoms with Gasteiger partial charge < -0.3 is 9.88 Å². The first kappa shape index (κ1) is 13.6. The zero-order valence-corrected chi connectivity index (χ0v) is 12.1. The summed E-state index contributed by atoms with van der Waals surface area (Å²) in [5.41, 5.74) is 2.49. The van der Waals surface area contributed by atoms with Crippen LogP contribution in [0, 0.1) is 0 Å². The minimum atomic E-state index is 0.847. The Hall–Kier alpha value is -2.33. The molecule has 1 N–H and O–H groups in total. The fourth-order valence-electron chi connectivity index (χ4n) is 2.51. The van der Waals surface area contributed by atoms with Crippen molar-refractivity contribution >= 4 is 17.1 Å². The molecule has 4 nitrogen and oxygen atoms in total. The van der Waals surface area contributed by atoms with E-state index in [1.54, 1.807) is 10.9 Å². The lowest BCUT2D eigenvalue weighted by Crippen LogP contribution is -2.16. The van der Waals surface area contributed by atoms with E-state index in [1.165, 1.54) is 16.5 Å². The summed E-state index contributed by atoms with van der Waals surface area (Å²) in [5.74, 6) is 0. The molecule has 3 rings (SSSR count). The van der Waals surface area contributed by atoms with Gasteiger partial charge in [-0.2, -0.15) is 5.10 Å². The van der Waals surface area contributed by atoms with Crippen molar-refractivity contribution in [3.63, 3.8) is 0 Å². The highest BCUT2D eigenvalue weighted by molar-refractivity contribution is 5.79. The van der Waals surface area contributed by atoms with Crippen molar-refractivity contribution in [3.05, 3.63) is 61.1 Å². The van der Waals surface area contributed by atoms with E-state index in [1.807, 2.05) is 12.4 Å². The molecule has 0 aliphatic carbocycles. The van der Waals surface area contributed by atoms with Crippen LogP contribution in [0.2, 0.25) is 0 Å². The van der Waals surface area contributed by atoms with Gasteiger partial charge in [0, 0.05) is 42.8 Å². The average molecular weight is 280 g/mol. The van der Waals surface area contributed by atoms with E-state index in [4.69, 9.17) is 0 Å². The highest BCUT2D eigenvalue weighted by atomic mass is 15.2. The Balaban J connectivity index is 1.45. The van der Waals surface area contributed by atoms with Gasteiger partial charge in [-0.3, -0.25) is 0 Å². The quantitative estimate of drug-likeness (QED) is 0.675. The number of fused-ring (bicyclic) bond motifs is 1. The van der Waals surface area contributed by atoms with Gasteiger partial charge in [-0.25, -0.2) is 4.68 Å². The highest BCUT2D eigenvalue weighted by Crippen LogP contribution is 2.15. The van der Waals surface area contributed by atoms with Crippen molar-refractivity contribution in [2.45, 2.75) is 19.5 Å². The minimum Gasteiger partial charge on any atom is -0.347 e. The highest BCUT2D eigenvalue weighted by Gasteiger charge is 2.00. The first-order valence-electron chi connectivity index (χ1n) is 7.27. The van der Waals surface area contributed by atoms with Crippen LogP contribution in [0.5, 0.6) is 0 Å². The summed E-state index contributed by atoms with van der Waals surface area (Å²) in [5, 5.41) is 8.92. The molecule has 0 amide bonds. The average Bonchev–Trinajstić information content (AvgIpc) is 3.14. The fourth-order valence-corrected chi connectivity index (χ4v) is 2.51. The van der Waals surface area contributed by atoms with Crippen LogP contribution in [-0.2, 0) is 13.1 Å². The lowest BCUT2D eigenvalue weighted by atomic mass is 10.2. The first-order chi connectivity index (χ1) is 10.4. The number of aromatic nitrogens is 3. The fraction of sp³-hybridized carbons (Fsp3) is 0.235. The smallest absolute Gasteiger partial charge is 0.0538 e.